The van der Waals surface area contributed by atoms with E-state index in [1.165, 1.54) is 54.6 Å². The first-order valence-electron chi connectivity index (χ1n) is 6.92. The molecule has 1 N–H and O–H groups in total. The molecule has 1 unspecified atom stereocenters. The minimum absolute atomic E-state index is 0.113. The minimum Gasteiger partial charge on any atom is -0.392 e. The average molecular weight is 374 g/mol. The number of hydrogen-bond acceptors (Lipinski definition) is 5. The molecule has 0 saturated carbocycles. The lowest BCUT2D eigenvalue weighted by molar-refractivity contribution is -0.0673. The summed E-state index contributed by atoms with van der Waals surface area (Å²) in [6.45, 7) is -1.31. The van der Waals surface area contributed by atoms with Crippen LogP contribution in [0.3, 0.4) is 0 Å². The van der Waals surface area contributed by atoms with Crippen LogP contribution in [-0.4, -0.2) is 31.4 Å². The van der Waals surface area contributed by atoms with Gasteiger partial charge in [-0.25, -0.2) is 4.18 Å². The van der Waals surface area contributed by atoms with Crippen LogP contribution < -0.4 is 0 Å². The Kier molecular flexibility index (Phi) is 5.31. The lowest BCUT2D eigenvalue weighted by atomic mass is 9.86. The molecule has 0 aliphatic heterocycles. The van der Waals surface area contributed by atoms with Gasteiger partial charge >= 0.3 is 15.6 Å². The summed E-state index contributed by atoms with van der Waals surface area (Å²) in [5.74, 6) is -1.12. The number of carbonyl (C=O) groups excluding carboxylic acids is 1. The van der Waals surface area contributed by atoms with Crippen molar-refractivity contribution in [3.05, 3.63) is 71.8 Å². The first kappa shape index (κ1) is 19.1. The second-order valence-corrected chi connectivity index (χ2v) is 6.57. The number of halogens is 3. The Hall–Kier alpha value is -2.23. The Morgan fingerprint density at radius 1 is 0.960 bits per heavy atom. The summed E-state index contributed by atoms with van der Waals surface area (Å²) in [5.41, 5.74) is -8.84. The Morgan fingerprint density at radius 2 is 1.44 bits per heavy atom. The van der Waals surface area contributed by atoms with Gasteiger partial charge in [0.1, 0.15) is 0 Å². The molecule has 2 aromatic rings. The fourth-order valence-corrected chi connectivity index (χ4v) is 2.86. The molecule has 0 radical (unpaired) electrons. The molecular formula is C16H13F3O5S. The van der Waals surface area contributed by atoms with Crippen LogP contribution in [0, 0.1) is 0 Å². The maximum Gasteiger partial charge on any atom is 0.523 e. The second kappa shape index (κ2) is 6.95. The van der Waals surface area contributed by atoms with Crippen LogP contribution in [0.15, 0.2) is 60.7 Å². The van der Waals surface area contributed by atoms with Gasteiger partial charge in [-0.3, -0.25) is 4.79 Å². The summed E-state index contributed by atoms with van der Waals surface area (Å²) < 4.78 is 65.7. The van der Waals surface area contributed by atoms with E-state index in [-0.39, 0.29) is 11.1 Å². The highest BCUT2D eigenvalue weighted by molar-refractivity contribution is 7.87. The number of benzene rings is 2. The Bertz CT molecular complexity index is 835. The summed E-state index contributed by atoms with van der Waals surface area (Å²) in [4.78, 5) is 12.8. The van der Waals surface area contributed by atoms with E-state index < -0.39 is 33.6 Å². The number of rotatable bonds is 6. The largest absolute Gasteiger partial charge is 0.523 e. The first-order valence-corrected chi connectivity index (χ1v) is 8.33. The predicted molar refractivity (Wildman–Crippen MR) is 82.0 cm³/mol. The molecule has 0 aromatic heterocycles. The molecular weight excluding hydrogens is 361 g/mol. The quantitative estimate of drug-likeness (QED) is 0.478. The fourth-order valence-electron chi connectivity index (χ4n) is 2.17. The van der Waals surface area contributed by atoms with Crippen LogP contribution in [0.2, 0.25) is 0 Å². The van der Waals surface area contributed by atoms with E-state index in [1.54, 1.807) is 6.07 Å². The van der Waals surface area contributed by atoms with Gasteiger partial charge in [0.25, 0.3) is 0 Å². The molecule has 2 rings (SSSR count). The summed E-state index contributed by atoms with van der Waals surface area (Å²) in [6, 6.07) is 13.7. The average Bonchev–Trinajstić information content (AvgIpc) is 2.59. The monoisotopic (exact) mass is 374 g/mol. The second-order valence-electron chi connectivity index (χ2n) is 5.03. The van der Waals surface area contributed by atoms with Gasteiger partial charge < -0.3 is 5.11 Å². The lowest BCUT2D eigenvalue weighted by Crippen LogP contribution is -2.46. The van der Waals surface area contributed by atoms with E-state index in [1.807, 2.05) is 0 Å². The van der Waals surface area contributed by atoms with Crippen LogP contribution in [0.5, 0.6) is 0 Å². The zero-order valence-corrected chi connectivity index (χ0v) is 13.4. The van der Waals surface area contributed by atoms with E-state index in [0.717, 1.165) is 0 Å². The molecule has 0 heterocycles. The van der Waals surface area contributed by atoms with Crippen LogP contribution in [0.25, 0.3) is 0 Å². The summed E-state index contributed by atoms with van der Waals surface area (Å²) >= 11 is 0. The molecule has 25 heavy (non-hydrogen) atoms. The van der Waals surface area contributed by atoms with Crippen molar-refractivity contribution < 1.29 is 35.7 Å². The van der Waals surface area contributed by atoms with Gasteiger partial charge in [0, 0.05) is 5.56 Å². The summed E-state index contributed by atoms with van der Waals surface area (Å²) in [6.07, 6.45) is 0. The van der Waals surface area contributed by atoms with Crippen molar-refractivity contribution in [3.8, 4) is 0 Å². The van der Waals surface area contributed by atoms with Crippen molar-refractivity contribution in [1.82, 2.24) is 0 Å². The summed E-state index contributed by atoms with van der Waals surface area (Å²) in [5, 5.41) is 9.71. The summed E-state index contributed by atoms with van der Waals surface area (Å²) in [7, 11) is -6.15. The molecule has 0 aliphatic carbocycles. The first-order chi connectivity index (χ1) is 11.6. The highest BCUT2D eigenvalue weighted by Crippen LogP contribution is 2.36. The van der Waals surface area contributed by atoms with Gasteiger partial charge in [-0.1, -0.05) is 60.7 Å². The number of alkyl halides is 3. The van der Waals surface area contributed by atoms with Gasteiger partial charge in [0.15, 0.2) is 5.60 Å². The zero-order valence-electron chi connectivity index (χ0n) is 12.6. The normalized spacial score (nSPS) is 14.7. The van der Waals surface area contributed by atoms with Crippen LogP contribution in [0.4, 0.5) is 13.2 Å². The molecule has 0 spiro atoms. The highest BCUT2D eigenvalue weighted by atomic mass is 32.2. The van der Waals surface area contributed by atoms with Crippen LogP contribution in [0.1, 0.15) is 15.9 Å². The molecule has 0 aliphatic rings. The molecule has 0 saturated heterocycles. The predicted octanol–water partition coefficient (Wildman–Crippen LogP) is 2.62. The zero-order chi connectivity index (χ0) is 18.7. The molecule has 0 amide bonds. The van der Waals surface area contributed by atoms with Crippen molar-refractivity contribution in [1.29, 1.82) is 0 Å². The molecule has 5 nitrogen and oxygen atoms in total. The molecule has 1 atom stereocenters. The molecule has 9 heteroatoms. The van der Waals surface area contributed by atoms with Crippen LogP contribution in [-0.2, 0) is 19.9 Å². The maximum atomic E-state index is 12.8. The number of Topliss-reactive ketones (excluding diaryl/α,β-unsaturated/α-hetero) is 1. The maximum absolute atomic E-state index is 12.8. The SMILES string of the molecule is O=C(c1ccccc1)C(CO)(OS(=O)(=O)C(F)(F)F)c1ccccc1. The van der Waals surface area contributed by atoms with Gasteiger partial charge in [-0.2, -0.15) is 21.6 Å². The van der Waals surface area contributed by atoms with E-state index in [4.69, 9.17) is 0 Å². The Morgan fingerprint density at radius 3 is 1.88 bits per heavy atom. The van der Waals surface area contributed by atoms with Crippen molar-refractivity contribution in [2.45, 2.75) is 11.1 Å². The van der Waals surface area contributed by atoms with E-state index in [9.17, 15) is 31.5 Å². The Labute approximate surface area is 141 Å². The molecule has 0 bridgehead atoms. The number of hydrogen-bond donors (Lipinski definition) is 1. The number of aliphatic hydroxyl groups excluding tert-OH is 1. The van der Waals surface area contributed by atoms with Crippen molar-refractivity contribution >= 4 is 15.9 Å². The molecule has 2 aromatic carbocycles. The third kappa shape index (κ3) is 3.73. The number of carbonyl (C=O) groups is 1. The van der Waals surface area contributed by atoms with Crippen molar-refractivity contribution in [2.75, 3.05) is 6.61 Å². The van der Waals surface area contributed by atoms with Crippen molar-refractivity contribution in [3.63, 3.8) is 0 Å². The van der Waals surface area contributed by atoms with E-state index in [0.29, 0.717) is 0 Å². The standard InChI is InChI=1S/C16H13F3O5S/c17-16(18,19)25(22,23)24-15(11-20,13-9-5-2-6-10-13)14(21)12-7-3-1-4-8-12/h1-10,20H,11H2. The van der Waals surface area contributed by atoms with Gasteiger partial charge in [0.05, 0.1) is 6.61 Å². The smallest absolute Gasteiger partial charge is 0.392 e. The number of aliphatic hydroxyl groups is 1. The van der Waals surface area contributed by atoms with Gasteiger partial charge in [-0.05, 0) is 5.56 Å². The van der Waals surface area contributed by atoms with Gasteiger partial charge in [0.2, 0.25) is 5.78 Å². The fraction of sp³-hybridized carbons (Fsp3) is 0.188. The topological polar surface area (TPSA) is 80.7 Å². The Balaban J connectivity index is 2.65. The number of ketones is 1. The molecule has 0 fully saturated rings. The third-order valence-electron chi connectivity index (χ3n) is 3.40. The van der Waals surface area contributed by atoms with E-state index in [2.05, 4.69) is 4.18 Å². The van der Waals surface area contributed by atoms with Crippen molar-refractivity contribution in [2.24, 2.45) is 0 Å². The molecule has 134 valence electrons. The third-order valence-corrected chi connectivity index (χ3v) is 4.47. The minimum atomic E-state index is -6.15. The van der Waals surface area contributed by atoms with Crippen LogP contribution >= 0.6 is 0 Å². The lowest BCUT2D eigenvalue weighted by Gasteiger charge is -2.30. The van der Waals surface area contributed by atoms with E-state index >= 15 is 0 Å². The van der Waals surface area contributed by atoms with Gasteiger partial charge in [-0.15, -0.1) is 0 Å². The highest BCUT2D eigenvalue weighted by Gasteiger charge is 2.55.